The predicted octanol–water partition coefficient (Wildman–Crippen LogP) is 3.60. The fraction of sp³-hybridized carbons (Fsp3) is 0.111. The van der Waals surface area contributed by atoms with Crippen LogP contribution in [0.15, 0.2) is 59.3 Å². The van der Waals surface area contributed by atoms with Gasteiger partial charge in [0.1, 0.15) is 5.75 Å². The maximum Gasteiger partial charge on any atom is 0.261 e. The standard InChI is InChI=1S/C18H16N4O3S2/c1-12-9-22(10-19-12)16-6-3-13(7-17(16)25-2)21-27(23,24)14-4-5-15-18(8-14)26-11-20-15/h3-11,21H,1-2H3. The smallest absolute Gasteiger partial charge is 0.261 e. The van der Waals surface area contributed by atoms with Gasteiger partial charge in [-0.05, 0) is 37.3 Å². The summed E-state index contributed by atoms with van der Waals surface area (Å²) in [6.07, 6.45) is 3.55. The van der Waals surface area contributed by atoms with Crippen LogP contribution in [0, 0.1) is 6.92 Å². The molecule has 0 radical (unpaired) electrons. The molecular formula is C18H16N4O3S2. The molecule has 2 aromatic carbocycles. The topological polar surface area (TPSA) is 86.1 Å². The number of aromatic nitrogens is 3. The molecule has 2 aromatic heterocycles. The van der Waals surface area contributed by atoms with Crippen molar-refractivity contribution in [1.82, 2.24) is 14.5 Å². The second kappa shape index (κ2) is 6.67. The normalized spacial score (nSPS) is 11.6. The number of aryl methyl sites for hydroxylation is 1. The van der Waals surface area contributed by atoms with Gasteiger partial charge in [0.2, 0.25) is 0 Å². The zero-order valence-electron chi connectivity index (χ0n) is 14.6. The lowest BCUT2D eigenvalue weighted by molar-refractivity contribution is 0.413. The summed E-state index contributed by atoms with van der Waals surface area (Å²) in [7, 11) is -2.19. The molecule has 0 saturated heterocycles. The minimum Gasteiger partial charge on any atom is -0.494 e. The van der Waals surface area contributed by atoms with Gasteiger partial charge >= 0.3 is 0 Å². The summed E-state index contributed by atoms with van der Waals surface area (Å²) in [6, 6.07) is 9.98. The number of sulfonamides is 1. The van der Waals surface area contributed by atoms with E-state index in [9.17, 15) is 8.42 Å². The fourth-order valence-corrected chi connectivity index (χ4v) is 4.59. The highest BCUT2D eigenvalue weighted by atomic mass is 32.2. The minimum absolute atomic E-state index is 0.188. The molecule has 0 aliphatic heterocycles. The van der Waals surface area contributed by atoms with Gasteiger partial charge < -0.3 is 9.30 Å². The third-order valence-electron chi connectivity index (χ3n) is 4.03. The van der Waals surface area contributed by atoms with Gasteiger partial charge in [-0.25, -0.2) is 18.4 Å². The van der Waals surface area contributed by atoms with Gasteiger partial charge in [-0.15, -0.1) is 11.3 Å². The summed E-state index contributed by atoms with van der Waals surface area (Å²) < 4.78 is 36.2. The molecule has 0 aliphatic rings. The van der Waals surface area contributed by atoms with Crippen molar-refractivity contribution in [3.05, 3.63) is 60.1 Å². The summed E-state index contributed by atoms with van der Waals surface area (Å²) in [5, 5.41) is 0. The molecule has 0 bridgehead atoms. The summed E-state index contributed by atoms with van der Waals surface area (Å²) >= 11 is 1.40. The Morgan fingerprint density at radius 3 is 2.74 bits per heavy atom. The highest BCUT2D eigenvalue weighted by Crippen LogP contribution is 2.29. The quantitative estimate of drug-likeness (QED) is 0.553. The van der Waals surface area contributed by atoms with Crippen molar-refractivity contribution in [2.24, 2.45) is 0 Å². The minimum atomic E-state index is -3.73. The summed E-state index contributed by atoms with van der Waals surface area (Å²) in [4.78, 5) is 8.56. The zero-order valence-corrected chi connectivity index (χ0v) is 16.2. The molecule has 4 aromatic rings. The Kier molecular flexibility index (Phi) is 4.33. The first-order valence-corrected chi connectivity index (χ1v) is 10.4. The average molecular weight is 400 g/mol. The van der Waals surface area contributed by atoms with Crippen LogP contribution in [-0.2, 0) is 10.0 Å². The number of hydrogen-bond donors (Lipinski definition) is 1. The van der Waals surface area contributed by atoms with Crippen molar-refractivity contribution >= 4 is 37.3 Å². The van der Waals surface area contributed by atoms with E-state index in [0.717, 1.165) is 21.6 Å². The highest BCUT2D eigenvalue weighted by Gasteiger charge is 2.17. The Labute approximate surface area is 160 Å². The van der Waals surface area contributed by atoms with E-state index >= 15 is 0 Å². The summed E-state index contributed by atoms with van der Waals surface area (Å²) in [5.41, 5.74) is 4.53. The first-order valence-electron chi connectivity index (χ1n) is 8.01. The second-order valence-electron chi connectivity index (χ2n) is 5.90. The number of anilines is 1. The Morgan fingerprint density at radius 1 is 1.15 bits per heavy atom. The lowest BCUT2D eigenvalue weighted by atomic mass is 10.2. The van der Waals surface area contributed by atoms with E-state index in [0.29, 0.717) is 11.4 Å². The van der Waals surface area contributed by atoms with Gasteiger partial charge in [-0.2, -0.15) is 0 Å². The van der Waals surface area contributed by atoms with Crippen LogP contribution in [-0.4, -0.2) is 30.1 Å². The molecule has 2 heterocycles. The molecule has 138 valence electrons. The number of hydrogen-bond acceptors (Lipinski definition) is 6. The van der Waals surface area contributed by atoms with E-state index in [1.165, 1.54) is 11.3 Å². The summed E-state index contributed by atoms with van der Waals surface area (Å²) in [5.74, 6) is 0.533. The van der Waals surface area contributed by atoms with E-state index in [-0.39, 0.29) is 4.90 Å². The van der Waals surface area contributed by atoms with Crippen LogP contribution in [0.1, 0.15) is 5.69 Å². The highest BCUT2D eigenvalue weighted by molar-refractivity contribution is 7.92. The van der Waals surface area contributed by atoms with Crippen molar-refractivity contribution in [3.63, 3.8) is 0 Å². The Hall–Kier alpha value is -2.91. The van der Waals surface area contributed by atoms with Gasteiger partial charge in [0, 0.05) is 12.3 Å². The van der Waals surface area contributed by atoms with Crippen LogP contribution in [0.5, 0.6) is 5.75 Å². The molecular weight excluding hydrogens is 384 g/mol. The number of rotatable bonds is 5. The molecule has 0 fully saturated rings. The number of fused-ring (bicyclic) bond motifs is 1. The number of methoxy groups -OCH3 is 1. The predicted molar refractivity (Wildman–Crippen MR) is 105 cm³/mol. The SMILES string of the molecule is COc1cc(NS(=O)(=O)c2ccc3ncsc3c2)ccc1-n1cnc(C)c1. The van der Waals surface area contributed by atoms with Crippen molar-refractivity contribution in [3.8, 4) is 11.4 Å². The van der Waals surface area contributed by atoms with Crippen LogP contribution in [0.4, 0.5) is 5.69 Å². The molecule has 0 unspecified atom stereocenters. The van der Waals surface area contributed by atoms with Gasteiger partial charge in [-0.1, -0.05) is 0 Å². The maximum atomic E-state index is 12.7. The number of imidazole rings is 1. The van der Waals surface area contributed by atoms with Crippen LogP contribution < -0.4 is 9.46 Å². The van der Waals surface area contributed by atoms with Gasteiger partial charge in [0.05, 0.1) is 51.1 Å². The number of nitrogens with zero attached hydrogens (tertiary/aromatic N) is 3. The monoisotopic (exact) mass is 400 g/mol. The van der Waals surface area contributed by atoms with E-state index in [1.807, 2.05) is 17.7 Å². The molecule has 1 N–H and O–H groups in total. The Bertz CT molecular complexity index is 1230. The van der Waals surface area contributed by atoms with E-state index in [2.05, 4.69) is 14.7 Å². The molecule has 0 atom stereocenters. The van der Waals surface area contributed by atoms with Crippen LogP contribution in [0.2, 0.25) is 0 Å². The second-order valence-corrected chi connectivity index (χ2v) is 8.47. The molecule has 0 amide bonds. The van der Waals surface area contributed by atoms with Crippen molar-refractivity contribution in [1.29, 1.82) is 0 Å². The van der Waals surface area contributed by atoms with Gasteiger partial charge in [0.25, 0.3) is 10.0 Å². The Morgan fingerprint density at radius 2 is 2.00 bits per heavy atom. The fourth-order valence-electron chi connectivity index (χ4n) is 2.72. The number of thiazole rings is 1. The maximum absolute atomic E-state index is 12.7. The van der Waals surface area contributed by atoms with Crippen molar-refractivity contribution in [2.45, 2.75) is 11.8 Å². The zero-order chi connectivity index (χ0) is 19.0. The molecule has 7 nitrogen and oxygen atoms in total. The third kappa shape index (κ3) is 3.38. The van der Waals surface area contributed by atoms with Crippen molar-refractivity contribution < 1.29 is 13.2 Å². The van der Waals surface area contributed by atoms with E-state index in [1.54, 1.807) is 55.3 Å². The lowest BCUT2D eigenvalue weighted by Gasteiger charge is -2.13. The van der Waals surface area contributed by atoms with Crippen LogP contribution in [0.25, 0.3) is 15.9 Å². The first kappa shape index (κ1) is 17.5. The summed E-state index contributed by atoms with van der Waals surface area (Å²) in [6.45, 7) is 1.89. The van der Waals surface area contributed by atoms with Crippen molar-refractivity contribution in [2.75, 3.05) is 11.8 Å². The van der Waals surface area contributed by atoms with E-state index < -0.39 is 10.0 Å². The van der Waals surface area contributed by atoms with Gasteiger partial charge in [0.15, 0.2) is 0 Å². The third-order valence-corrected chi connectivity index (χ3v) is 6.21. The largest absolute Gasteiger partial charge is 0.494 e. The molecule has 9 heteroatoms. The number of benzene rings is 2. The number of ether oxygens (including phenoxy) is 1. The average Bonchev–Trinajstić information content (AvgIpc) is 3.29. The first-order chi connectivity index (χ1) is 13.0. The lowest BCUT2D eigenvalue weighted by Crippen LogP contribution is -2.13. The molecule has 27 heavy (non-hydrogen) atoms. The van der Waals surface area contributed by atoms with Gasteiger partial charge in [-0.3, -0.25) is 4.72 Å². The van der Waals surface area contributed by atoms with Crippen LogP contribution >= 0.6 is 11.3 Å². The van der Waals surface area contributed by atoms with E-state index in [4.69, 9.17) is 4.74 Å². The molecule has 0 aliphatic carbocycles. The Balaban J connectivity index is 1.67. The molecule has 0 spiro atoms. The molecule has 0 saturated carbocycles. The van der Waals surface area contributed by atoms with Crippen LogP contribution in [0.3, 0.4) is 0 Å². The molecule has 4 rings (SSSR count). The number of nitrogens with one attached hydrogen (secondary N) is 1.